The average Bonchev–Trinajstić information content (AvgIpc) is 2.75. The maximum atomic E-state index is 12.6. The van der Waals surface area contributed by atoms with Crippen LogP contribution in [0, 0.1) is 0 Å². The van der Waals surface area contributed by atoms with Crippen molar-refractivity contribution in [3.8, 4) is 0 Å². The van der Waals surface area contributed by atoms with E-state index in [0.29, 0.717) is 6.42 Å². The largest absolute Gasteiger partial charge is 0.306 e. The van der Waals surface area contributed by atoms with Crippen molar-refractivity contribution in [1.82, 2.24) is 9.21 Å². The highest BCUT2D eigenvalue weighted by Crippen LogP contribution is 2.21. The van der Waals surface area contributed by atoms with E-state index in [1.807, 2.05) is 24.3 Å². The van der Waals surface area contributed by atoms with Gasteiger partial charge in [-0.1, -0.05) is 41.9 Å². The van der Waals surface area contributed by atoms with Crippen LogP contribution in [-0.2, 0) is 31.3 Å². The van der Waals surface area contributed by atoms with Gasteiger partial charge in [0.2, 0.25) is 0 Å². The molecule has 3 nitrogen and oxygen atoms in total. The Morgan fingerprint density at radius 1 is 1.14 bits per heavy atom. The average molecular weight is 432 g/mol. The lowest BCUT2D eigenvalue weighted by molar-refractivity contribution is 0.0978. The van der Waals surface area contributed by atoms with Gasteiger partial charge in [0.05, 0.1) is 18.5 Å². The van der Waals surface area contributed by atoms with Crippen LogP contribution in [0.3, 0.4) is 0 Å². The Kier molecular flexibility index (Phi) is 8.61. The topological polar surface area (TPSA) is 23.6 Å². The summed E-state index contributed by atoms with van der Waals surface area (Å²) in [6.07, 6.45) is 6.83. The summed E-state index contributed by atoms with van der Waals surface area (Å²) in [6.45, 7) is 4.06. The second kappa shape index (κ2) is 11.2. The first-order valence-electron chi connectivity index (χ1n) is 10.5. The van der Waals surface area contributed by atoms with Crippen LogP contribution < -0.4 is 0 Å². The molecule has 2 aromatic rings. The summed E-state index contributed by atoms with van der Waals surface area (Å²) in [4.78, 5) is 15.0. The van der Waals surface area contributed by atoms with Crippen LogP contribution in [0.15, 0.2) is 42.5 Å². The van der Waals surface area contributed by atoms with Crippen molar-refractivity contribution in [3.05, 3.63) is 69.7 Å². The van der Waals surface area contributed by atoms with Gasteiger partial charge in [-0.2, -0.15) is 0 Å². The second-order valence-electron chi connectivity index (χ2n) is 7.85. The van der Waals surface area contributed by atoms with Gasteiger partial charge in [0.15, 0.2) is 5.78 Å². The van der Waals surface area contributed by atoms with E-state index >= 15 is 0 Å². The smallest absolute Gasteiger partial charge is 0.162 e. The zero-order valence-corrected chi connectivity index (χ0v) is 19.2. The molecule has 0 fully saturated rings. The normalized spacial score (nSPS) is 14.2. The maximum Gasteiger partial charge on any atom is 0.162 e. The van der Waals surface area contributed by atoms with E-state index in [2.05, 4.69) is 40.7 Å². The monoisotopic (exact) mass is 431 g/mol. The summed E-state index contributed by atoms with van der Waals surface area (Å²) in [5.41, 5.74) is 4.81. The maximum absolute atomic E-state index is 12.6. The van der Waals surface area contributed by atoms with Crippen molar-refractivity contribution in [3.63, 3.8) is 0 Å². The second-order valence-corrected chi connectivity index (χ2v) is 9.22. The van der Waals surface area contributed by atoms with Crippen LogP contribution in [0.2, 0.25) is 5.02 Å². The summed E-state index contributed by atoms with van der Waals surface area (Å²) in [6, 6.07) is 14.4. The molecule has 0 unspecified atom stereocenters. The van der Waals surface area contributed by atoms with Gasteiger partial charge < -0.3 is 4.90 Å². The Morgan fingerprint density at radius 2 is 1.97 bits per heavy atom. The van der Waals surface area contributed by atoms with Crippen molar-refractivity contribution in [1.29, 1.82) is 0 Å². The summed E-state index contributed by atoms with van der Waals surface area (Å²) in [7, 11) is 2.14. The number of likely N-dealkylation sites (N-methyl/N-ethyl adjacent to an activating group) is 1. The molecule has 0 atom stereocenters. The highest BCUT2D eigenvalue weighted by atomic mass is 35.5. The molecule has 0 N–H and O–H groups in total. The molecule has 0 saturated heterocycles. The number of hydrogen-bond donors (Lipinski definition) is 0. The van der Waals surface area contributed by atoms with Gasteiger partial charge in [0.1, 0.15) is 6.26 Å². The summed E-state index contributed by atoms with van der Waals surface area (Å²) >= 11 is 7.54. The predicted molar refractivity (Wildman–Crippen MR) is 126 cm³/mol. The standard InChI is InChI=1S/C24H31ClN2OS/c1-26(15-12-20-7-3-4-8-23(20)25)14-6-5-9-24(28)21-11-10-19-13-16-27(29-2)18-22(19)17-21/h3-4,7-8,10-11,17H,5-6,9,12-16,18H2,1-2H3/p+1. The van der Waals surface area contributed by atoms with E-state index in [1.54, 1.807) is 0 Å². The van der Waals surface area contributed by atoms with Gasteiger partial charge in [-0.25, -0.2) is 0 Å². The van der Waals surface area contributed by atoms with Gasteiger partial charge in [0, 0.05) is 30.1 Å². The van der Waals surface area contributed by atoms with Crippen molar-refractivity contribution < 1.29 is 4.79 Å². The Morgan fingerprint density at radius 3 is 2.76 bits per heavy atom. The number of hydrogen-bond acceptors (Lipinski definition) is 3. The molecule has 5 heteroatoms. The van der Waals surface area contributed by atoms with Crippen LogP contribution in [0.5, 0.6) is 0 Å². The lowest BCUT2D eigenvalue weighted by Crippen LogP contribution is -2.29. The molecule has 0 amide bonds. The highest BCUT2D eigenvalue weighted by molar-refractivity contribution is 7.75. The van der Waals surface area contributed by atoms with Crippen LogP contribution >= 0.6 is 11.6 Å². The Hall–Kier alpha value is -1.33. The van der Waals surface area contributed by atoms with E-state index < -0.39 is 0 Å². The van der Waals surface area contributed by atoms with Gasteiger partial charge in [0.25, 0.3) is 0 Å². The van der Waals surface area contributed by atoms with Gasteiger partial charge in [-0.15, -0.1) is 4.31 Å². The Labute approximate surface area is 184 Å². The minimum absolute atomic E-state index is 0.276. The number of thiol groups is 1. The lowest BCUT2D eigenvalue weighted by Gasteiger charge is -2.22. The summed E-state index contributed by atoms with van der Waals surface area (Å²) in [5.74, 6) is 0.276. The number of carbonyl (C=O) groups is 1. The predicted octanol–water partition coefficient (Wildman–Crippen LogP) is 4.59. The number of halogens is 1. The third kappa shape index (κ3) is 6.58. The molecule has 0 aliphatic carbocycles. The first-order valence-corrected chi connectivity index (χ1v) is 12.2. The van der Waals surface area contributed by atoms with Crippen molar-refractivity contribution in [2.24, 2.45) is 0 Å². The van der Waals surface area contributed by atoms with Crippen LogP contribution in [0.25, 0.3) is 0 Å². The summed E-state index contributed by atoms with van der Waals surface area (Å²) in [5, 5.41) is 0.845. The van der Waals surface area contributed by atoms with E-state index in [0.717, 1.165) is 62.4 Å². The highest BCUT2D eigenvalue weighted by Gasteiger charge is 2.20. The van der Waals surface area contributed by atoms with Crippen LogP contribution in [0.1, 0.15) is 46.3 Å². The van der Waals surface area contributed by atoms with E-state index in [-0.39, 0.29) is 5.78 Å². The number of fused-ring (bicyclic) bond motifs is 1. The molecule has 3 rings (SSSR count). The zero-order valence-electron chi connectivity index (χ0n) is 17.5. The molecule has 0 saturated carbocycles. The van der Waals surface area contributed by atoms with E-state index in [9.17, 15) is 4.79 Å². The zero-order chi connectivity index (χ0) is 20.6. The molecule has 2 aromatic carbocycles. The first-order chi connectivity index (χ1) is 14.1. The van der Waals surface area contributed by atoms with Crippen molar-refractivity contribution >= 4 is 29.3 Å². The lowest BCUT2D eigenvalue weighted by atomic mass is 9.96. The molecule has 0 spiro atoms. The molecule has 1 heterocycles. The number of rotatable bonds is 10. The summed E-state index contributed by atoms with van der Waals surface area (Å²) < 4.78 is 2.41. The van der Waals surface area contributed by atoms with Crippen LogP contribution in [0.4, 0.5) is 0 Å². The molecule has 0 bridgehead atoms. The fourth-order valence-electron chi connectivity index (χ4n) is 3.82. The van der Waals surface area contributed by atoms with Crippen molar-refractivity contribution in [2.45, 2.75) is 38.6 Å². The minimum atomic E-state index is 0.276. The molecular formula is C24H32ClN2OS+. The molecule has 1 aliphatic rings. The number of carbonyl (C=O) groups excluding carboxylic acids is 1. The molecule has 1 aliphatic heterocycles. The fourth-order valence-corrected chi connectivity index (χ4v) is 4.65. The Bertz CT molecular complexity index is 826. The molecule has 0 radical (unpaired) electrons. The SMILES string of the molecule is C[SH+]N1CCc2ccc(C(=O)CCCCN(C)CCc3ccccc3Cl)cc2C1. The van der Waals surface area contributed by atoms with Crippen molar-refractivity contribution in [2.75, 3.05) is 32.9 Å². The van der Waals surface area contributed by atoms with Crippen LogP contribution in [-0.4, -0.2) is 47.9 Å². The number of nitrogens with zero attached hydrogens (tertiary/aromatic N) is 2. The van der Waals surface area contributed by atoms with E-state index in [4.69, 9.17) is 11.6 Å². The molecule has 0 aromatic heterocycles. The van der Waals surface area contributed by atoms with E-state index in [1.165, 1.54) is 28.6 Å². The quantitative estimate of drug-likeness (QED) is 0.238. The van der Waals surface area contributed by atoms with Gasteiger partial charge in [-0.05, 0) is 68.1 Å². The fraction of sp³-hybridized carbons (Fsp3) is 0.458. The molecule has 156 valence electrons. The Balaban J connectivity index is 1.39. The first kappa shape index (κ1) is 22.4. The number of unbranched alkanes of at least 4 members (excludes halogenated alkanes) is 1. The minimum Gasteiger partial charge on any atom is -0.306 e. The number of ketones is 1. The van der Waals surface area contributed by atoms with Gasteiger partial charge in [-0.3, -0.25) is 4.79 Å². The molecular weight excluding hydrogens is 400 g/mol. The number of benzene rings is 2. The third-order valence-electron chi connectivity index (χ3n) is 5.72. The number of Topliss-reactive ketones (excluding diaryl/α,β-unsaturated/α-hetero) is 1. The molecule has 29 heavy (non-hydrogen) atoms. The third-order valence-corrected chi connectivity index (χ3v) is 6.99. The van der Waals surface area contributed by atoms with Gasteiger partial charge >= 0.3 is 0 Å².